The second-order valence-electron chi connectivity index (χ2n) is 7.08. The molecular formula is C21H26N4O3. The minimum atomic E-state index is -2.10. The van der Waals surface area contributed by atoms with Crippen LogP contribution in [0.2, 0.25) is 0 Å². The van der Waals surface area contributed by atoms with Gasteiger partial charge in [-0.1, -0.05) is 24.3 Å². The Morgan fingerprint density at radius 2 is 2.18 bits per heavy atom. The van der Waals surface area contributed by atoms with Crippen molar-refractivity contribution in [3.05, 3.63) is 59.2 Å². The monoisotopic (exact) mass is 386 g/mol. The molecule has 2 aromatic rings. The number of ether oxygens (including phenoxy) is 1. The second kappa shape index (κ2) is 8.77. The van der Waals surface area contributed by atoms with E-state index >= 15 is 0 Å². The van der Waals surface area contributed by atoms with Crippen LogP contribution in [0, 0.1) is 5.92 Å². The number of nitrogens with zero attached hydrogens (tertiary/aromatic N) is 3. The smallest absolute Gasteiger partial charge is 0.270 e. The number of amides is 1. The van der Waals surface area contributed by atoms with E-state index in [4.69, 9.17) is 10.2 Å². The van der Waals surface area contributed by atoms with Crippen molar-refractivity contribution in [1.82, 2.24) is 20.2 Å². The maximum atomic E-state index is 12.5. The first kappa shape index (κ1) is 14.6. The molecule has 2 aliphatic heterocycles. The molecule has 7 nitrogen and oxygen atoms in total. The lowest BCUT2D eigenvalue weighted by atomic mass is 10.00. The summed E-state index contributed by atoms with van der Waals surface area (Å²) in [5.74, 6) is -0.0881. The molecule has 7 heteroatoms. The quantitative estimate of drug-likeness (QED) is 0.732. The minimum Gasteiger partial charge on any atom is -0.390 e. The van der Waals surface area contributed by atoms with Crippen molar-refractivity contribution in [2.45, 2.75) is 25.4 Å². The molecule has 148 valence electrons. The molecule has 0 radical (unpaired) electrons. The van der Waals surface area contributed by atoms with Crippen LogP contribution in [0.15, 0.2) is 36.7 Å². The van der Waals surface area contributed by atoms with Gasteiger partial charge in [0, 0.05) is 43.2 Å². The van der Waals surface area contributed by atoms with Gasteiger partial charge in [-0.25, -0.2) is 9.97 Å². The van der Waals surface area contributed by atoms with Gasteiger partial charge in [0.1, 0.15) is 12.0 Å². The van der Waals surface area contributed by atoms with Crippen molar-refractivity contribution in [3.63, 3.8) is 0 Å². The Hall–Kier alpha value is -2.35. The molecule has 1 aromatic heterocycles. The van der Waals surface area contributed by atoms with E-state index in [2.05, 4.69) is 15.3 Å². The van der Waals surface area contributed by atoms with Gasteiger partial charge in [0.25, 0.3) is 5.91 Å². The molecule has 0 bridgehead atoms. The summed E-state index contributed by atoms with van der Waals surface area (Å²) in [7, 11) is 0. The van der Waals surface area contributed by atoms with E-state index in [9.17, 15) is 9.90 Å². The molecule has 28 heavy (non-hydrogen) atoms. The zero-order valence-electron chi connectivity index (χ0n) is 19.5. The number of rotatable bonds is 7. The second-order valence-corrected chi connectivity index (χ2v) is 7.08. The van der Waals surface area contributed by atoms with Crippen LogP contribution in [-0.4, -0.2) is 64.8 Å². The molecule has 0 saturated carbocycles. The van der Waals surface area contributed by atoms with E-state index in [-0.39, 0.29) is 25.2 Å². The number of benzene rings is 1. The van der Waals surface area contributed by atoms with Gasteiger partial charge in [-0.2, -0.15) is 0 Å². The van der Waals surface area contributed by atoms with Crippen LogP contribution in [0.3, 0.4) is 0 Å². The molecule has 1 amide bonds. The molecule has 0 spiro atoms. The first-order valence-electron chi connectivity index (χ1n) is 11.4. The fraction of sp³-hybridized carbons (Fsp3) is 0.476. The highest BCUT2D eigenvalue weighted by atomic mass is 16.5. The molecule has 2 aliphatic rings. The van der Waals surface area contributed by atoms with Crippen LogP contribution in [0.1, 0.15) is 32.8 Å². The molecule has 3 heterocycles. The fourth-order valence-corrected chi connectivity index (χ4v) is 3.17. The third kappa shape index (κ3) is 4.73. The van der Waals surface area contributed by atoms with E-state index in [0.29, 0.717) is 36.7 Å². The van der Waals surface area contributed by atoms with Crippen molar-refractivity contribution in [2.24, 2.45) is 5.92 Å². The van der Waals surface area contributed by atoms with Crippen molar-refractivity contribution in [3.8, 4) is 0 Å². The van der Waals surface area contributed by atoms with Gasteiger partial charge in [0.2, 0.25) is 0 Å². The predicted octanol–water partition coefficient (Wildman–Crippen LogP) is 0.814. The Balaban J connectivity index is 1.38. The van der Waals surface area contributed by atoms with E-state index in [1.807, 2.05) is 0 Å². The van der Waals surface area contributed by atoms with Crippen molar-refractivity contribution in [2.75, 3.05) is 32.8 Å². The van der Waals surface area contributed by atoms with Gasteiger partial charge in [-0.05, 0) is 30.0 Å². The van der Waals surface area contributed by atoms with E-state index in [1.54, 1.807) is 30.3 Å². The van der Waals surface area contributed by atoms with Gasteiger partial charge < -0.3 is 15.2 Å². The lowest BCUT2D eigenvalue weighted by Gasteiger charge is -2.30. The highest BCUT2D eigenvalue weighted by Gasteiger charge is 2.21. The number of β-amino-alcohol motifs (C(OH)–C–C–N with tert-alkyl or cyclic N) is 1. The van der Waals surface area contributed by atoms with Crippen LogP contribution >= 0.6 is 0 Å². The van der Waals surface area contributed by atoms with Crippen molar-refractivity contribution >= 4 is 5.91 Å². The van der Waals surface area contributed by atoms with Gasteiger partial charge in [-0.15, -0.1) is 0 Å². The van der Waals surface area contributed by atoms with Crippen LogP contribution in [0.5, 0.6) is 0 Å². The molecule has 1 saturated heterocycles. The lowest BCUT2D eigenvalue weighted by Crippen LogP contribution is -2.42. The molecule has 0 unspecified atom stereocenters. The van der Waals surface area contributed by atoms with E-state index in [0.717, 1.165) is 10.6 Å². The van der Waals surface area contributed by atoms with Crippen molar-refractivity contribution in [1.29, 1.82) is 0 Å². The Morgan fingerprint density at radius 1 is 1.36 bits per heavy atom. The molecular weight excluding hydrogens is 356 g/mol. The molecule has 2 N–H and O–H groups in total. The fourth-order valence-electron chi connectivity index (χ4n) is 3.17. The summed E-state index contributed by atoms with van der Waals surface area (Å²) in [6, 6.07) is 8.42. The maximum absolute atomic E-state index is 12.5. The zero-order valence-corrected chi connectivity index (χ0v) is 15.5. The zero-order chi connectivity index (χ0) is 22.9. The number of aryl methyl sites for hydroxylation is 1. The minimum absolute atomic E-state index is 0.0114. The van der Waals surface area contributed by atoms with Crippen molar-refractivity contribution < 1.29 is 20.1 Å². The first-order chi connectivity index (χ1) is 15.2. The largest absolute Gasteiger partial charge is 0.390 e. The number of aliphatic hydroxyl groups is 1. The Kier molecular flexibility index (Phi) is 4.58. The summed E-state index contributed by atoms with van der Waals surface area (Å²) >= 11 is 0. The number of aromatic nitrogens is 2. The third-order valence-electron chi connectivity index (χ3n) is 4.79. The van der Waals surface area contributed by atoms with Gasteiger partial charge in [0.05, 0.1) is 19.3 Å². The van der Waals surface area contributed by atoms with E-state index in [1.165, 1.54) is 6.33 Å². The Morgan fingerprint density at radius 3 is 2.96 bits per heavy atom. The number of fused-ring (bicyclic) bond motifs is 1. The molecule has 1 atom stereocenters. The average Bonchev–Trinajstić information content (AvgIpc) is 2.72. The standard InChI is InChI=1S/C21H26N4O3/c26-19(11-25-6-5-16-3-1-2-4-17(16)10-25)9-22-21(27)20-8-18(23-14-24-20)7-15-12-28-13-15/h1-4,8,14-15,19,26H,5-7,9-13H2,(H,22,27)/t19-/m0/s1/i6D2,10D2. The highest BCUT2D eigenvalue weighted by molar-refractivity contribution is 5.92. The normalized spacial score (nSPS) is 23.9. The van der Waals surface area contributed by atoms with Gasteiger partial charge >= 0.3 is 0 Å². The topological polar surface area (TPSA) is 87.6 Å². The van der Waals surface area contributed by atoms with Crippen LogP contribution < -0.4 is 5.32 Å². The Labute approximate surface area is 170 Å². The number of aliphatic hydroxyl groups excluding tert-OH is 1. The number of hydrogen-bond acceptors (Lipinski definition) is 6. The van der Waals surface area contributed by atoms with Crippen LogP contribution in [-0.2, 0) is 24.1 Å². The summed E-state index contributed by atoms with van der Waals surface area (Å²) in [5, 5.41) is 13.1. The maximum Gasteiger partial charge on any atom is 0.270 e. The molecule has 4 rings (SSSR count). The van der Waals surface area contributed by atoms with Crippen LogP contribution in [0.25, 0.3) is 0 Å². The number of carbonyl (C=O) groups is 1. The summed E-state index contributed by atoms with van der Waals surface area (Å²) in [5.41, 5.74) is 1.92. The number of carbonyl (C=O) groups excluding carboxylic acids is 1. The number of hydrogen-bond donors (Lipinski definition) is 2. The third-order valence-corrected chi connectivity index (χ3v) is 4.79. The molecule has 1 aromatic carbocycles. The summed E-state index contributed by atoms with van der Waals surface area (Å²) in [6.45, 7) is -3.19. The first-order valence-corrected chi connectivity index (χ1v) is 9.38. The summed E-state index contributed by atoms with van der Waals surface area (Å²) in [4.78, 5) is 21.7. The molecule has 0 aliphatic carbocycles. The number of nitrogens with one attached hydrogen (secondary N) is 1. The predicted molar refractivity (Wildman–Crippen MR) is 104 cm³/mol. The SMILES string of the molecule is [2H]C1([2H])Cc2ccccc2C([2H])([2H])N1C[C@@H](O)CNC(=O)c1cc(CC2COC2)ncn1. The van der Waals surface area contributed by atoms with Crippen LogP contribution in [0.4, 0.5) is 0 Å². The van der Waals surface area contributed by atoms with E-state index < -0.39 is 25.0 Å². The lowest BCUT2D eigenvalue weighted by molar-refractivity contribution is -0.0316. The summed E-state index contributed by atoms with van der Waals surface area (Å²) in [6.07, 6.45) is 0.862. The average molecular weight is 386 g/mol. The molecule has 1 fully saturated rings. The highest BCUT2D eigenvalue weighted by Crippen LogP contribution is 2.18. The summed E-state index contributed by atoms with van der Waals surface area (Å²) < 4.78 is 38.8. The Bertz CT molecular complexity index is 987. The van der Waals surface area contributed by atoms with Gasteiger partial charge in [0.15, 0.2) is 0 Å². The van der Waals surface area contributed by atoms with Gasteiger partial charge in [-0.3, -0.25) is 9.69 Å².